The van der Waals surface area contributed by atoms with Gasteiger partial charge in [0.1, 0.15) is 0 Å². The van der Waals surface area contributed by atoms with Gasteiger partial charge in [-0.05, 0) is 46.8 Å². The number of aromatic nitrogens is 1. The summed E-state index contributed by atoms with van der Waals surface area (Å²) in [4.78, 5) is 4.31. The Labute approximate surface area is 91.0 Å². The van der Waals surface area contributed by atoms with E-state index in [1.54, 1.807) is 6.20 Å². The van der Waals surface area contributed by atoms with Crippen LogP contribution in [-0.4, -0.2) is 4.98 Å². The van der Waals surface area contributed by atoms with E-state index in [9.17, 15) is 0 Å². The Hall–Kier alpha value is -0.340. The van der Waals surface area contributed by atoms with Gasteiger partial charge in [0.15, 0.2) is 0 Å². The number of halogens is 2. The molecule has 0 saturated heterocycles. The van der Waals surface area contributed by atoms with Crippen LogP contribution in [0.5, 0.6) is 0 Å². The van der Waals surface area contributed by atoms with Crippen molar-refractivity contribution >= 4 is 33.1 Å². The molecule has 1 aromatic rings. The Kier molecular flexibility index (Phi) is 2.70. The zero-order valence-corrected chi connectivity index (χ0v) is 9.40. The predicted molar refractivity (Wildman–Crippen MR) is 58.8 cm³/mol. The molecule has 1 aliphatic carbocycles. The quantitative estimate of drug-likeness (QED) is 0.740. The molecule has 0 unspecified atom stereocenters. The SMILES string of the molecule is Clc1cnc(C2=CCCC2)c(Br)c1. The van der Waals surface area contributed by atoms with Crippen LogP contribution in [0.2, 0.25) is 5.02 Å². The van der Waals surface area contributed by atoms with Crippen LogP contribution in [0.4, 0.5) is 0 Å². The van der Waals surface area contributed by atoms with Crippen LogP contribution in [0.1, 0.15) is 25.0 Å². The van der Waals surface area contributed by atoms with Crippen molar-refractivity contribution < 1.29 is 0 Å². The van der Waals surface area contributed by atoms with Crippen LogP contribution in [0.25, 0.3) is 5.57 Å². The molecule has 1 aromatic heterocycles. The van der Waals surface area contributed by atoms with Crippen molar-refractivity contribution in [2.75, 3.05) is 0 Å². The number of hydrogen-bond donors (Lipinski definition) is 0. The van der Waals surface area contributed by atoms with Gasteiger partial charge in [-0.25, -0.2) is 0 Å². The molecular formula is C10H9BrClN. The van der Waals surface area contributed by atoms with Crippen molar-refractivity contribution in [3.63, 3.8) is 0 Å². The molecule has 0 fully saturated rings. The van der Waals surface area contributed by atoms with E-state index in [1.807, 2.05) is 6.07 Å². The van der Waals surface area contributed by atoms with Gasteiger partial charge in [0.05, 0.1) is 10.7 Å². The second-order valence-electron chi connectivity index (χ2n) is 3.11. The fraction of sp³-hybridized carbons (Fsp3) is 0.300. The van der Waals surface area contributed by atoms with E-state index in [-0.39, 0.29) is 0 Å². The Morgan fingerprint density at radius 3 is 2.92 bits per heavy atom. The fourth-order valence-electron chi connectivity index (χ4n) is 1.54. The van der Waals surface area contributed by atoms with Crippen molar-refractivity contribution in [3.05, 3.63) is 33.5 Å². The zero-order chi connectivity index (χ0) is 9.26. The average molecular weight is 259 g/mol. The van der Waals surface area contributed by atoms with Crippen LogP contribution >= 0.6 is 27.5 Å². The third-order valence-electron chi connectivity index (χ3n) is 2.15. The smallest absolute Gasteiger partial charge is 0.0801 e. The summed E-state index contributed by atoms with van der Waals surface area (Å²) in [5.41, 5.74) is 2.38. The Balaban J connectivity index is 2.40. The summed E-state index contributed by atoms with van der Waals surface area (Å²) in [6, 6.07) is 1.89. The molecule has 0 amide bonds. The molecule has 2 rings (SSSR count). The molecule has 0 radical (unpaired) electrons. The number of allylic oxidation sites excluding steroid dienone is 2. The summed E-state index contributed by atoms with van der Waals surface area (Å²) in [7, 11) is 0. The van der Waals surface area contributed by atoms with Crippen molar-refractivity contribution in [2.45, 2.75) is 19.3 Å². The molecule has 0 atom stereocenters. The lowest BCUT2D eigenvalue weighted by Gasteiger charge is -2.03. The first-order valence-electron chi connectivity index (χ1n) is 4.28. The van der Waals surface area contributed by atoms with Gasteiger partial charge in [-0.3, -0.25) is 4.98 Å². The molecule has 0 bridgehead atoms. The third-order valence-corrected chi connectivity index (χ3v) is 2.96. The molecule has 1 heterocycles. The van der Waals surface area contributed by atoms with Crippen molar-refractivity contribution in [1.82, 2.24) is 4.98 Å². The minimum atomic E-state index is 0.675. The zero-order valence-electron chi connectivity index (χ0n) is 7.06. The minimum Gasteiger partial charge on any atom is -0.254 e. The maximum atomic E-state index is 5.81. The normalized spacial score (nSPS) is 16.0. The lowest BCUT2D eigenvalue weighted by Crippen LogP contribution is -1.88. The highest BCUT2D eigenvalue weighted by Crippen LogP contribution is 2.31. The first kappa shape index (κ1) is 9.22. The first-order chi connectivity index (χ1) is 6.27. The molecule has 0 aromatic carbocycles. The van der Waals surface area contributed by atoms with Gasteiger partial charge < -0.3 is 0 Å². The lowest BCUT2D eigenvalue weighted by atomic mass is 10.1. The third kappa shape index (κ3) is 1.94. The molecule has 68 valence electrons. The van der Waals surface area contributed by atoms with Gasteiger partial charge >= 0.3 is 0 Å². The van der Waals surface area contributed by atoms with E-state index in [0.717, 1.165) is 16.6 Å². The maximum absolute atomic E-state index is 5.81. The predicted octanol–water partition coefficient (Wildman–Crippen LogP) is 4.06. The van der Waals surface area contributed by atoms with Gasteiger partial charge in [-0.1, -0.05) is 17.7 Å². The van der Waals surface area contributed by atoms with Crippen molar-refractivity contribution in [3.8, 4) is 0 Å². The number of nitrogens with zero attached hydrogens (tertiary/aromatic N) is 1. The largest absolute Gasteiger partial charge is 0.254 e. The minimum absolute atomic E-state index is 0.675. The van der Waals surface area contributed by atoms with E-state index in [2.05, 4.69) is 27.0 Å². The van der Waals surface area contributed by atoms with E-state index >= 15 is 0 Å². The summed E-state index contributed by atoms with van der Waals surface area (Å²) in [5.74, 6) is 0. The summed E-state index contributed by atoms with van der Waals surface area (Å²) in [5, 5.41) is 0.675. The van der Waals surface area contributed by atoms with E-state index in [1.165, 1.54) is 18.4 Å². The second-order valence-corrected chi connectivity index (χ2v) is 4.40. The fourth-order valence-corrected chi connectivity index (χ4v) is 2.43. The van der Waals surface area contributed by atoms with Crippen LogP contribution in [0.3, 0.4) is 0 Å². The van der Waals surface area contributed by atoms with Gasteiger partial charge in [-0.2, -0.15) is 0 Å². The molecule has 0 aliphatic heterocycles. The Morgan fingerprint density at radius 1 is 1.46 bits per heavy atom. The van der Waals surface area contributed by atoms with E-state index in [0.29, 0.717) is 5.02 Å². The van der Waals surface area contributed by atoms with Gasteiger partial charge in [0.25, 0.3) is 0 Å². The highest BCUT2D eigenvalue weighted by atomic mass is 79.9. The number of hydrogen-bond acceptors (Lipinski definition) is 1. The molecule has 0 N–H and O–H groups in total. The topological polar surface area (TPSA) is 12.9 Å². The molecular weight excluding hydrogens is 249 g/mol. The summed E-state index contributed by atoms with van der Waals surface area (Å²) in [6.07, 6.45) is 7.49. The summed E-state index contributed by atoms with van der Waals surface area (Å²) >= 11 is 9.28. The molecule has 3 heteroatoms. The highest BCUT2D eigenvalue weighted by molar-refractivity contribution is 9.10. The van der Waals surface area contributed by atoms with Gasteiger partial charge in [-0.15, -0.1) is 0 Å². The summed E-state index contributed by atoms with van der Waals surface area (Å²) in [6.45, 7) is 0. The monoisotopic (exact) mass is 257 g/mol. The molecule has 0 spiro atoms. The van der Waals surface area contributed by atoms with Gasteiger partial charge in [0.2, 0.25) is 0 Å². The molecule has 13 heavy (non-hydrogen) atoms. The van der Waals surface area contributed by atoms with Crippen LogP contribution in [0, 0.1) is 0 Å². The second kappa shape index (κ2) is 3.81. The lowest BCUT2D eigenvalue weighted by molar-refractivity contribution is 0.932. The maximum Gasteiger partial charge on any atom is 0.0801 e. The average Bonchev–Trinajstić information content (AvgIpc) is 2.56. The van der Waals surface area contributed by atoms with E-state index < -0.39 is 0 Å². The summed E-state index contributed by atoms with van der Waals surface area (Å²) < 4.78 is 0.994. The number of rotatable bonds is 1. The molecule has 1 aliphatic rings. The van der Waals surface area contributed by atoms with Crippen LogP contribution < -0.4 is 0 Å². The van der Waals surface area contributed by atoms with E-state index in [4.69, 9.17) is 11.6 Å². The van der Waals surface area contributed by atoms with Crippen molar-refractivity contribution in [1.29, 1.82) is 0 Å². The first-order valence-corrected chi connectivity index (χ1v) is 5.45. The molecule has 1 nitrogen and oxygen atoms in total. The van der Waals surface area contributed by atoms with Crippen molar-refractivity contribution in [2.24, 2.45) is 0 Å². The highest BCUT2D eigenvalue weighted by Gasteiger charge is 2.11. The van der Waals surface area contributed by atoms with Gasteiger partial charge in [0, 0.05) is 10.7 Å². The molecule has 0 saturated carbocycles. The van der Waals surface area contributed by atoms with Crippen LogP contribution in [-0.2, 0) is 0 Å². The van der Waals surface area contributed by atoms with Crippen LogP contribution in [0.15, 0.2) is 22.8 Å². The Bertz CT molecular complexity index is 360. The standard InChI is InChI=1S/C10H9BrClN/c11-9-5-8(12)6-13-10(9)7-3-1-2-4-7/h3,5-6H,1-2,4H2. The number of pyridine rings is 1. The Morgan fingerprint density at radius 2 is 2.31 bits per heavy atom.